The first-order chi connectivity index (χ1) is 12.9. The molecule has 0 saturated heterocycles. The molecule has 0 unspecified atom stereocenters. The lowest BCUT2D eigenvalue weighted by Crippen LogP contribution is -2.31. The van der Waals surface area contributed by atoms with Gasteiger partial charge in [-0.25, -0.2) is 17.5 Å². The highest BCUT2D eigenvalue weighted by atomic mass is 32.2. The van der Waals surface area contributed by atoms with Gasteiger partial charge in [0.25, 0.3) is 5.91 Å². The minimum absolute atomic E-state index is 0.0476. The largest absolute Gasteiger partial charge is 0.307 e. The average molecular weight is 411 g/mol. The van der Waals surface area contributed by atoms with E-state index in [4.69, 9.17) is 0 Å². The minimum atomic E-state index is -4.03. The Morgan fingerprint density at radius 1 is 1.21 bits per heavy atom. The van der Waals surface area contributed by atoms with Gasteiger partial charge in [-0.3, -0.25) is 4.79 Å². The molecule has 0 aliphatic carbocycles. The van der Waals surface area contributed by atoms with Crippen LogP contribution in [0.5, 0.6) is 0 Å². The molecule has 0 aliphatic heterocycles. The maximum absolute atomic E-state index is 14.3. The van der Waals surface area contributed by atoms with Crippen molar-refractivity contribution in [2.75, 3.05) is 18.4 Å². The molecule has 1 heterocycles. The van der Waals surface area contributed by atoms with Gasteiger partial charge in [-0.15, -0.1) is 0 Å². The van der Waals surface area contributed by atoms with Crippen LogP contribution in [-0.2, 0) is 15.6 Å². The van der Waals surface area contributed by atoms with E-state index in [0.717, 1.165) is 22.1 Å². The number of aromatic nitrogens is 2. The van der Waals surface area contributed by atoms with Gasteiger partial charge in [0, 0.05) is 24.7 Å². The fourth-order valence-corrected chi connectivity index (χ4v) is 4.38. The first kappa shape index (κ1) is 22.0. The Morgan fingerprint density at radius 2 is 1.82 bits per heavy atom. The molecule has 0 spiro atoms. The molecule has 154 valence electrons. The fourth-order valence-electron chi connectivity index (χ4n) is 2.83. The number of hydrogen-bond acceptors (Lipinski definition) is 4. The molecule has 7 nitrogen and oxygen atoms in total. The molecule has 2 rings (SSSR count). The first-order valence-electron chi connectivity index (χ1n) is 9.10. The second-order valence-electron chi connectivity index (χ2n) is 7.44. The number of aryl methyl sites for hydroxylation is 1. The molecule has 1 N–H and O–H groups in total. The lowest BCUT2D eigenvalue weighted by atomic mass is 10.1. The number of sulfonamides is 1. The monoisotopic (exact) mass is 410 g/mol. The van der Waals surface area contributed by atoms with Gasteiger partial charge in [-0.2, -0.15) is 9.40 Å². The highest BCUT2D eigenvalue weighted by Gasteiger charge is 2.27. The lowest BCUT2D eigenvalue weighted by Gasteiger charge is -2.22. The smallest absolute Gasteiger partial charge is 0.256 e. The SMILES string of the molecule is CCN(CC)S(=O)(=O)c1cc(C(=O)Nc2cc(C)nn2C(C)(C)C)ccc1F. The number of hydrogen-bond donors (Lipinski definition) is 1. The number of carbonyl (C=O) groups excluding carboxylic acids is 1. The van der Waals surface area contributed by atoms with E-state index in [0.29, 0.717) is 5.82 Å². The summed E-state index contributed by atoms with van der Waals surface area (Å²) in [5.41, 5.74) is 0.414. The third-order valence-electron chi connectivity index (χ3n) is 4.23. The van der Waals surface area contributed by atoms with Crippen LogP contribution in [0.4, 0.5) is 10.2 Å². The number of benzene rings is 1. The normalized spacial score (nSPS) is 12.4. The second kappa shape index (κ2) is 8.00. The van der Waals surface area contributed by atoms with Crippen LogP contribution in [0.1, 0.15) is 50.7 Å². The number of nitrogens with zero attached hydrogens (tertiary/aromatic N) is 3. The van der Waals surface area contributed by atoms with Gasteiger partial charge < -0.3 is 5.32 Å². The van der Waals surface area contributed by atoms with Crippen LogP contribution in [0.25, 0.3) is 0 Å². The molecule has 9 heteroatoms. The summed E-state index contributed by atoms with van der Waals surface area (Å²) in [5.74, 6) is -0.951. The van der Waals surface area contributed by atoms with Gasteiger partial charge in [-0.1, -0.05) is 13.8 Å². The van der Waals surface area contributed by atoms with Crippen molar-refractivity contribution >= 4 is 21.7 Å². The van der Waals surface area contributed by atoms with Crippen LogP contribution in [0.2, 0.25) is 0 Å². The Hall–Kier alpha value is -2.26. The van der Waals surface area contributed by atoms with Gasteiger partial charge in [0.15, 0.2) is 0 Å². The number of amides is 1. The summed E-state index contributed by atoms with van der Waals surface area (Å²) in [6.45, 7) is 11.4. The zero-order valence-corrected chi connectivity index (χ0v) is 17.9. The van der Waals surface area contributed by atoms with Crippen LogP contribution >= 0.6 is 0 Å². The fraction of sp³-hybridized carbons (Fsp3) is 0.474. The van der Waals surface area contributed by atoms with E-state index in [1.807, 2.05) is 27.7 Å². The maximum Gasteiger partial charge on any atom is 0.256 e. The standard InChI is InChI=1S/C19H27FN4O3S/c1-7-23(8-2)28(26,27)16-12-14(9-10-15(16)20)18(25)21-17-11-13(3)22-24(17)19(4,5)6/h9-12H,7-8H2,1-6H3,(H,21,25). The van der Waals surface area contributed by atoms with Gasteiger partial charge in [0.1, 0.15) is 16.5 Å². The van der Waals surface area contributed by atoms with Crippen LogP contribution in [-0.4, -0.2) is 41.5 Å². The Balaban J connectivity index is 2.42. The molecule has 0 bridgehead atoms. The summed E-state index contributed by atoms with van der Waals surface area (Å²) in [7, 11) is -4.03. The summed E-state index contributed by atoms with van der Waals surface area (Å²) in [6, 6.07) is 5.05. The van der Waals surface area contributed by atoms with E-state index in [1.165, 1.54) is 6.07 Å². The van der Waals surface area contributed by atoms with Crippen molar-refractivity contribution in [2.45, 2.75) is 52.0 Å². The quantitative estimate of drug-likeness (QED) is 0.791. The molecule has 0 saturated carbocycles. The highest BCUT2D eigenvalue weighted by molar-refractivity contribution is 7.89. The third-order valence-corrected chi connectivity index (χ3v) is 6.29. The zero-order valence-electron chi connectivity index (χ0n) is 17.1. The molecule has 0 radical (unpaired) electrons. The van der Waals surface area contributed by atoms with Crippen molar-refractivity contribution in [1.29, 1.82) is 0 Å². The van der Waals surface area contributed by atoms with Gasteiger partial charge >= 0.3 is 0 Å². The Bertz CT molecular complexity index is 974. The predicted octanol–water partition coefficient (Wildman–Crippen LogP) is 3.37. The van der Waals surface area contributed by atoms with E-state index >= 15 is 0 Å². The van der Waals surface area contributed by atoms with Crippen molar-refractivity contribution in [1.82, 2.24) is 14.1 Å². The highest BCUT2D eigenvalue weighted by Crippen LogP contribution is 2.24. The van der Waals surface area contributed by atoms with E-state index in [2.05, 4.69) is 10.4 Å². The van der Waals surface area contributed by atoms with E-state index in [1.54, 1.807) is 24.6 Å². The second-order valence-corrected chi connectivity index (χ2v) is 9.35. The topological polar surface area (TPSA) is 84.3 Å². The van der Waals surface area contributed by atoms with Gasteiger partial charge in [-0.05, 0) is 45.9 Å². The molecular formula is C19H27FN4O3S. The number of nitrogens with one attached hydrogen (secondary N) is 1. The van der Waals surface area contributed by atoms with Crippen LogP contribution < -0.4 is 5.32 Å². The predicted molar refractivity (Wildman–Crippen MR) is 106 cm³/mol. The lowest BCUT2D eigenvalue weighted by molar-refractivity contribution is 0.102. The van der Waals surface area contributed by atoms with E-state index < -0.39 is 26.6 Å². The molecule has 0 fully saturated rings. The average Bonchev–Trinajstić information content (AvgIpc) is 2.96. The molecule has 2 aromatic rings. The number of rotatable bonds is 6. The minimum Gasteiger partial charge on any atom is -0.307 e. The summed E-state index contributed by atoms with van der Waals surface area (Å²) >= 11 is 0. The van der Waals surface area contributed by atoms with Gasteiger partial charge in [0.05, 0.1) is 11.2 Å². The van der Waals surface area contributed by atoms with Crippen molar-refractivity contribution < 1.29 is 17.6 Å². The molecule has 1 amide bonds. The molecule has 0 aliphatic rings. The maximum atomic E-state index is 14.3. The number of halogens is 1. The summed E-state index contributed by atoms with van der Waals surface area (Å²) in [4.78, 5) is 12.2. The van der Waals surface area contributed by atoms with Gasteiger partial charge in [0.2, 0.25) is 10.0 Å². The van der Waals surface area contributed by atoms with Crippen molar-refractivity contribution in [2.24, 2.45) is 0 Å². The molecule has 1 aromatic heterocycles. The van der Waals surface area contributed by atoms with Crippen LogP contribution in [0.15, 0.2) is 29.2 Å². The summed E-state index contributed by atoms with van der Waals surface area (Å²) in [5, 5.41) is 7.12. The van der Waals surface area contributed by atoms with Crippen molar-refractivity contribution in [3.8, 4) is 0 Å². The molecule has 28 heavy (non-hydrogen) atoms. The van der Waals surface area contributed by atoms with Crippen LogP contribution in [0.3, 0.4) is 0 Å². The molecular weight excluding hydrogens is 383 g/mol. The molecule has 0 atom stereocenters. The Morgan fingerprint density at radius 3 is 2.36 bits per heavy atom. The Kier molecular flexibility index (Phi) is 6.30. The zero-order chi connectivity index (χ0) is 21.3. The Labute approximate surface area is 165 Å². The third kappa shape index (κ3) is 4.41. The number of carbonyl (C=O) groups is 1. The molecule has 1 aromatic carbocycles. The van der Waals surface area contributed by atoms with Crippen molar-refractivity contribution in [3.63, 3.8) is 0 Å². The van der Waals surface area contributed by atoms with Crippen molar-refractivity contribution in [3.05, 3.63) is 41.3 Å². The van der Waals surface area contributed by atoms with Crippen LogP contribution in [0, 0.1) is 12.7 Å². The summed E-state index contributed by atoms with van der Waals surface area (Å²) < 4.78 is 42.4. The number of anilines is 1. The summed E-state index contributed by atoms with van der Waals surface area (Å²) in [6.07, 6.45) is 0. The van der Waals surface area contributed by atoms with E-state index in [-0.39, 0.29) is 24.2 Å². The first-order valence-corrected chi connectivity index (χ1v) is 10.5. The van der Waals surface area contributed by atoms with E-state index in [9.17, 15) is 17.6 Å².